The molecule has 0 aliphatic carbocycles. The molecule has 0 atom stereocenters. The van der Waals surface area contributed by atoms with E-state index in [0.717, 1.165) is 4.31 Å². The molecule has 0 saturated carbocycles. The van der Waals surface area contributed by atoms with Crippen molar-refractivity contribution in [2.75, 3.05) is 0 Å². The van der Waals surface area contributed by atoms with E-state index in [1.165, 1.54) is 12.1 Å². The van der Waals surface area contributed by atoms with Crippen LogP contribution < -0.4 is 0 Å². The number of esters is 1. The van der Waals surface area contributed by atoms with Crippen molar-refractivity contribution < 1.29 is 22.7 Å². The van der Waals surface area contributed by atoms with E-state index >= 15 is 0 Å². The van der Waals surface area contributed by atoms with Gasteiger partial charge in [0.1, 0.15) is 10.5 Å². The second-order valence-corrected chi connectivity index (χ2v) is 8.84. The van der Waals surface area contributed by atoms with E-state index in [1.54, 1.807) is 57.2 Å². The largest absolute Gasteiger partial charge is 0.456 e. The Labute approximate surface area is 152 Å². The second kappa shape index (κ2) is 6.25. The fourth-order valence-electron chi connectivity index (χ4n) is 2.64. The first-order valence-corrected chi connectivity index (χ1v) is 9.52. The van der Waals surface area contributed by atoms with Gasteiger partial charge in [-0.2, -0.15) is 0 Å². The van der Waals surface area contributed by atoms with Crippen molar-refractivity contribution in [1.29, 1.82) is 0 Å². The van der Waals surface area contributed by atoms with Gasteiger partial charge in [-0.05, 0) is 50.6 Å². The lowest BCUT2D eigenvalue weighted by atomic mass is 10.1. The summed E-state index contributed by atoms with van der Waals surface area (Å²) in [5.74, 6) is -1.00. The fourth-order valence-corrected chi connectivity index (χ4v) is 4.19. The van der Waals surface area contributed by atoms with Crippen LogP contribution in [-0.2, 0) is 21.3 Å². The minimum absolute atomic E-state index is 0.0235. The molecular formula is C19H19NO5S. The summed E-state index contributed by atoms with van der Waals surface area (Å²) in [6.45, 7) is 5.24. The summed E-state index contributed by atoms with van der Waals surface area (Å²) in [6, 6.07) is 12.5. The number of carbonyl (C=O) groups is 2. The molecule has 1 heterocycles. The number of carbonyl (C=O) groups excluding carboxylic acids is 2. The molecule has 1 aliphatic heterocycles. The molecule has 0 N–H and O–H groups in total. The van der Waals surface area contributed by atoms with E-state index in [-0.39, 0.29) is 17.0 Å². The first-order chi connectivity index (χ1) is 12.1. The van der Waals surface area contributed by atoms with Crippen LogP contribution in [0.2, 0.25) is 0 Å². The van der Waals surface area contributed by atoms with Crippen LogP contribution in [-0.4, -0.2) is 30.2 Å². The topological polar surface area (TPSA) is 80.8 Å². The molecule has 26 heavy (non-hydrogen) atoms. The zero-order valence-corrected chi connectivity index (χ0v) is 15.5. The third-order valence-corrected chi connectivity index (χ3v) is 5.61. The maximum absolute atomic E-state index is 12.6. The number of hydrogen-bond acceptors (Lipinski definition) is 5. The number of amides is 1. The van der Waals surface area contributed by atoms with Crippen molar-refractivity contribution in [3.8, 4) is 0 Å². The molecule has 136 valence electrons. The highest BCUT2D eigenvalue weighted by atomic mass is 32.2. The van der Waals surface area contributed by atoms with Gasteiger partial charge in [0.15, 0.2) is 0 Å². The van der Waals surface area contributed by atoms with Crippen LogP contribution in [0.4, 0.5) is 0 Å². The lowest BCUT2D eigenvalue weighted by Crippen LogP contribution is -2.29. The second-order valence-electron chi connectivity index (χ2n) is 7.01. The van der Waals surface area contributed by atoms with Crippen molar-refractivity contribution in [3.05, 3.63) is 65.2 Å². The molecule has 2 aromatic rings. The van der Waals surface area contributed by atoms with Crippen molar-refractivity contribution in [1.82, 2.24) is 4.31 Å². The van der Waals surface area contributed by atoms with E-state index in [9.17, 15) is 18.0 Å². The summed E-state index contributed by atoms with van der Waals surface area (Å²) < 4.78 is 31.3. The highest BCUT2D eigenvalue weighted by molar-refractivity contribution is 7.90. The molecule has 1 aliphatic rings. The Hall–Kier alpha value is -2.67. The molecular weight excluding hydrogens is 354 g/mol. The van der Waals surface area contributed by atoms with Gasteiger partial charge in [-0.1, -0.05) is 24.3 Å². The number of benzene rings is 2. The Morgan fingerprint density at radius 2 is 1.65 bits per heavy atom. The third kappa shape index (κ3) is 3.35. The summed E-state index contributed by atoms with van der Waals surface area (Å²) in [6.07, 6.45) is 0. The van der Waals surface area contributed by atoms with Crippen LogP contribution in [0.1, 0.15) is 47.1 Å². The molecule has 7 heteroatoms. The maximum atomic E-state index is 12.6. The summed E-state index contributed by atoms with van der Waals surface area (Å²) in [4.78, 5) is 24.5. The quantitative estimate of drug-likeness (QED) is 0.773. The molecule has 0 saturated heterocycles. The number of ether oxygens (including phenoxy) is 1. The van der Waals surface area contributed by atoms with E-state index in [4.69, 9.17) is 4.74 Å². The lowest BCUT2D eigenvalue weighted by Gasteiger charge is -2.19. The van der Waals surface area contributed by atoms with Gasteiger partial charge in [0.25, 0.3) is 15.9 Å². The minimum atomic E-state index is -3.85. The fraction of sp³-hybridized carbons (Fsp3) is 0.263. The van der Waals surface area contributed by atoms with Gasteiger partial charge in [-0.25, -0.2) is 17.5 Å². The van der Waals surface area contributed by atoms with Crippen LogP contribution in [0.5, 0.6) is 0 Å². The lowest BCUT2D eigenvalue weighted by molar-refractivity contribution is 0.00693. The molecule has 0 fully saturated rings. The zero-order chi connectivity index (χ0) is 19.1. The standard InChI is InChI=1S/C19H19NO5S/c1-19(2,3)25-18(22)14-10-8-13(9-11-14)12-20-17(21)15-6-4-5-7-16(15)26(20,23)24/h4-11H,12H2,1-3H3. The molecule has 6 nitrogen and oxygen atoms in total. The smallest absolute Gasteiger partial charge is 0.338 e. The molecule has 0 spiro atoms. The Kier molecular flexibility index (Phi) is 4.36. The van der Waals surface area contributed by atoms with Gasteiger partial charge in [-0.3, -0.25) is 4.79 Å². The number of sulfonamides is 1. The van der Waals surface area contributed by atoms with Crippen LogP contribution in [0.15, 0.2) is 53.4 Å². The average Bonchev–Trinajstić information content (AvgIpc) is 2.75. The number of rotatable bonds is 3. The maximum Gasteiger partial charge on any atom is 0.338 e. The van der Waals surface area contributed by atoms with E-state index in [0.29, 0.717) is 11.1 Å². The van der Waals surface area contributed by atoms with E-state index in [1.807, 2.05) is 0 Å². The minimum Gasteiger partial charge on any atom is -0.456 e. The van der Waals surface area contributed by atoms with Crippen LogP contribution in [0, 0.1) is 0 Å². The Balaban J connectivity index is 1.81. The predicted molar refractivity (Wildman–Crippen MR) is 95.1 cm³/mol. The van der Waals surface area contributed by atoms with Crippen LogP contribution >= 0.6 is 0 Å². The molecule has 0 unspecified atom stereocenters. The molecule has 0 radical (unpaired) electrons. The SMILES string of the molecule is CC(C)(C)OC(=O)c1ccc(CN2C(=O)c3ccccc3S2(=O)=O)cc1. The van der Waals surface area contributed by atoms with Crippen LogP contribution in [0.25, 0.3) is 0 Å². The van der Waals surface area contributed by atoms with Gasteiger partial charge < -0.3 is 4.74 Å². The number of nitrogens with zero attached hydrogens (tertiary/aromatic N) is 1. The first kappa shape index (κ1) is 18.1. The van der Waals surface area contributed by atoms with Crippen molar-refractivity contribution >= 4 is 21.9 Å². The van der Waals surface area contributed by atoms with Gasteiger partial charge in [-0.15, -0.1) is 0 Å². The summed E-state index contributed by atoms with van der Waals surface area (Å²) in [5, 5.41) is 0. The number of fused-ring (bicyclic) bond motifs is 1. The Morgan fingerprint density at radius 3 is 2.23 bits per heavy atom. The van der Waals surface area contributed by atoms with Crippen molar-refractivity contribution in [2.24, 2.45) is 0 Å². The molecule has 0 aromatic heterocycles. The highest BCUT2D eigenvalue weighted by Gasteiger charge is 2.40. The summed E-state index contributed by atoms with van der Waals surface area (Å²) in [7, 11) is -3.85. The third-order valence-electron chi connectivity index (χ3n) is 3.83. The van der Waals surface area contributed by atoms with Crippen molar-refractivity contribution in [2.45, 2.75) is 37.8 Å². The summed E-state index contributed by atoms with van der Waals surface area (Å²) in [5.41, 5.74) is 0.542. The van der Waals surface area contributed by atoms with Gasteiger partial charge in [0.05, 0.1) is 17.7 Å². The average molecular weight is 373 g/mol. The van der Waals surface area contributed by atoms with E-state index in [2.05, 4.69) is 0 Å². The first-order valence-electron chi connectivity index (χ1n) is 8.08. The molecule has 2 aromatic carbocycles. The van der Waals surface area contributed by atoms with Gasteiger partial charge in [0, 0.05) is 0 Å². The van der Waals surface area contributed by atoms with Crippen molar-refractivity contribution in [3.63, 3.8) is 0 Å². The monoisotopic (exact) mass is 373 g/mol. The predicted octanol–water partition coefficient (Wildman–Crippen LogP) is 2.99. The molecule has 0 bridgehead atoms. The van der Waals surface area contributed by atoms with E-state index < -0.39 is 27.5 Å². The Bertz CT molecular complexity index is 972. The Morgan fingerprint density at radius 1 is 1.04 bits per heavy atom. The molecule has 1 amide bonds. The van der Waals surface area contributed by atoms with Crippen LogP contribution in [0.3, 0.4) is 0 Å². The molecule has 3 rings (SSSR count). The van der Waals surface area contributed by atoms with Gasteiger partial charge >= 0.3 is 5.97 Å². The zero-order valence-electron chi connectivity index (χ0n) is 14.7. The van der Waals surface area contributed by atoms with Gasteiger partial charge in [0.2, 0.25) is 0 Å². The highest BCUT2D eigenvalue weighted by Crippen LogP contribution is 2.31. The number of hydrogen-bond donors (Lipinski definition) is 0. The normalized spacial score (nSPS) is 15.7. The summed E-state index contributed by atoms with van der Waals surface area (Å²) >= 11 is 0.